The van der Waals surface area contributed by atoms with E-state index in [9.17, 15) is 19.1 Å². The maximum absolute atomic E-state index is 13.7. The van der Waals surface area contributed by atoms with Crippen LogP contribution in [0.2, 0.25) is 0 Å². The molecule has 116 valence electrons. The second-order valence-electron chi connectivity index (χ2n) is 4.72. The quantitative estimate of drug-likeness (QED) is 0.659. The van der Waals surface area contributed by atoms with Gasteiger partial charge in [0.1, 0.15) is 16.2 Å². The van der Waals surface area contributed by atoms with Gasteiger partial charge in [0.25, 0.3) is 5.91 Å². The number of hydrogen-bond acceptors (Lipinski definition) is 4. The molecule has 1 aromatic rings. The van der Waals surface area contributed by atoms with Crippen molar-refractivity contribution in [2.24, 2.45) is 0 Å². The van der Waals surface area contributed by atoms with Gasteiger partial charge in [-0.25, -0.2) is 9.18 Å². The fraction of sp³-hybridized carbons (Fsp3) is 0.267. The zero-order valence-electron chi connectivity index (χ0n) is 11.8. The van der Waals surface area contributed by atoms with E-state index in [-0.39, 0.29) is 14.8 Å². The first-order valence-corrected chi connectivity index (χ1v) is 7.92. The first kappa shape index (κ1) is 16.6. The molecule has 0 bridgehead atoms. The van der Waals surface area contributed by atoms with Crippen LogP contribution in [0.5, 0.6) is 0 Å². The molecule has 1 unspecified atom stereocenters. The Morgan fingerprint density at radius 2 is 2.18 bits per heavy atom. The molecule has 1 heterocycles. The van der Waals surface area contributed by atoms with E-state index in [4.69, 9.17) is 12.2 Å². The summed E-state index contributed by atoms with van der Waals surface area (Å²) in [6.45, 7) is 1.84. The Hall–Kier alpha value is -1.73. The van der Waals surface area contributed by atoms with Gasteiger partial charge >= 0.3 is 5.97 Å². The van der Waals surface area contributed by atoms with E-state index >= 15 is 0 Å². The Morgan fingerprint density at radius 3 is 2.77 bits per heavy atom. The smallest absolute Gasteiger partial charge is 0.326 e. The molecule has 1 atom stereocenters. The highest BCUT2D eigenvalue weighted by molar-refractivity contribution is 8.26. The zero-order valence-corrected chi connectivity index (χ0v) is 13.4. The number of amides is 1. The monoisotopic (exact) mass is 339 g/mol. The third-order valence-electron chi connectivity index (χ3n) is 3.17. The number of hydrogen-bond donors (Lipinski definition) is 1. The number of thiocarbonyl (C=S) groups is 1. The highest BCUT2D eigenvalue weighted by Crippen LogP contribution is 2.35. The molecule has 0 spiro atoms. The van der Waals surface area contributed by atoms with Crippen LogP contribution in [-0.2, 0) is 9.59 Å². The minimum absolute atomic E-state index is 0.188. The van der Waals surface area contributed by atoms with Crippen molar-refractivity contribution >= 4 is 46.3 Å². The Kier molecular flexibility index (Phi) is 5.31. The molecule has 0 saturated carbocycles. The highest BCUT2D eigenvalue weighted by Gasteiger charge is 2.40. The number of aliphatic carboxylic acids is 1. The van der Waals surface area contributed by atoms with Crippen LogP contribution in [0.25, 0.3) is 6.08 Å². The SMILES string of the molecule is CCCC(C(=O)O)N1C(=O)C(=Cc2ccccc2F)SC1=S. The van der Waals surface area contributed by atoms with E-state index in [1.165, 1.54) is 12.1 Å². The number of carboxylic acids is 1. The van der Waals surface area contributed by atoms with E-state index in [1.807, 2.05) is 6.92 Å². The summed E-state index contributed by atoms with van der Waals surface area (Å²) in [6, 6.07) is 5.07. The molecule has 0 aromatic heterocycles. The lowest BCUT2D eigenvalue weighted by Crippen LogP contribution is -2.43. The number of rotatable bonds is 5. The van der Waals surface area contributed by atoms with Crippen LogP contribution in [-0.4, -0.2) is 32.2 Å². The second kappa shape index (κ2) is 7.02. The molecule has 0 aliphatic carbocycles. The average Bonchev–Trinajstić information content (AvgIpc) is 2.73. The van der Waals surface area contributed by atoms with Crippen LogP contribution >= 0.6 is 24.0 Å². The third-order valence-corrected chi connectivity index (χ3v) is 4.50. The number of carboxylic acid groups (broad SMARTS) is 1. The van der Waals surface area contributed by atoms with Crippen LogP contribution in [0.4, 0.5) is 4.39 Å². The predicted molar refractivity (Wildman–Crippen MR) is 87.7 cm³/mol. The molecule has 1 aliphatic heterocycles. The minimum atomic E-state index is -1.09. The highest BCUT2D eigenvalue weighted by atomic mass is 32.2. The van der Waals surface area contributed by atoms with E-state index < -0.39 is 23.7 Å². The Morgan fingerprint density at radius 1 is 1.50 bits per heavy atom. The van der Waals surface area contributed by atoms with Crippen molar-refractivity contribution in [3.63, 3.8) is 0 Å². The summed E-state index contributed by atoms with van der Waals surface area (Å²) in [5.74, 6) is -2.03. The second-order valence-corrected chi connectivity index (χ2v) is 6.39. The Balaban J connectivity index is 2.32. The number of carbonyl (C=O) groups excluding carboxylic acids is 1. The molecule has 2 rings (SSSR count). The van der Waals surface area contributed by atoms with Crippen LogP contribution in [0.1, 0.15) is 25.3 Å². The van der Waals surface area contributed by atoms with E-state index in [0.717, 1.165) is 16.7 Å². The first-order chi connectivity index (χ1) is 10.5. The molecule has 4 nitrogen and oxygen atoms in total. The van der Waals surface area contributed by atoms with Crippen molar-refractivity contribution in [2.45, 2.75) is 25.8 Å². The van der Waals surface area contributed by atoms with Crippen molar-refractivity contribution in [1.29, 1.82) is 0 Å². The van der Waals surface area contributed by atoms with Gasteiger partial charge in [-0.2, -0.15) is 0 Å². The van der Waals surface area contributed by atoms with Crippen molar-refractivity contribution in [1.82, 2.24) is 4.90 Å². The summed E-state index contributed by atoms with van der Waals surface area (Å²) < 4.78 is 13.9. The fourth-order valence-corrected chi connectivity index (χ4v) is 3.47. The molecule has 1 fully saturated rings. The zero-order chi connectivity index (χ0) is 16.3. The summed E-state index contributed by atoms with van der Waals surface area (Å²) in [4.78, 5) is 25.1. The first-order valence-electron chi connectivity index (χ1n) is 6.70. The van der Waals surface area contributed by atoms with Crippen LogP contribution in [0, 0.1) is 5.82 Å². The molecule has 1 amide bonds. The largest absolute Gasteiger partial charge is 0.480 e. The molecule has 1 aromatic carbocycles. The lowest BCUT2D eigenvalue weighted by molar-refractivity contribution is -0.145. The summed E-state index contributed by atoms with van der Waals surface area (Å²) in [7, 11) is 0. The van der Waals surface area contributed by atoms with Gasteiger partial charge in [-0.3, -0.25) is 9.69 Å². The Bertz CT molecular complexity index is 660. The number of nitrogens with zero attached hydrogens (tertiary/aromatic N) is 1. The van der Waals surface area contributed by atoms with E-state index in [2.05, 4.69) is 0 Å². The van der Waals surface area contributed by atoms with Crippen LogP contribution < -0.4 is 0 Å². The molecule has 7 heteroatoms. The summed E-state index contributed by atoms with van der Waals surface area (Å²) in [6.07, 6.45) is 2.33. The minimum Gasteiger partial charge on any atom is -0.480 e. The van der Waals surface area contributed by atoms with E-state index in [0.29, 0.717) is 12.8 Å². The van der Waals surface area contributed by atoms with Gasteiger partial charge in [-0.1, -0.05) is 55.5 Å². The number of carbonyl (C=O) groups is 2. The summed E-state index contributed by atoms with van der Waals surface area (Å²) in [5.41, 5.74) is 0.269. The van der Waals surface area contributed by atoms with Gasteiger partial charge in [-0.05, 0) is 18.6 Å². The fourth-order valence-electron chi connectivity index (χ4n) is 2.12. The van der Waals surface area contributed by atoms with Gasteiger partial charge in [0, 0.05) is 5.56 Å². The van der Waals surface area contributed by atoms with Crippen molar-refractivity contribution in [2.75, 3.05) is 0 Å². The van der Waals surface area contributed by atoms with Gasteiger partial charge in [0.2, 0.25) is 0 Å². The van der Waals surface area contributed by atoms with Crippen molar-refractivity contribution < 1.29 is 19.1 Å². The van der Waals surface area contributed by atoms with Crippen molar-refractivity contribution in [3.8, 4) is 0 Å². The third kappa shape index (κ3) is 3.36. The maximum Gasteiger partial charge on any atom is 0.326 e. The molecule has 1 aliphatic rings. The average molecular weight is 339 g/mol. The normalized spacial score (nSPS) is 18.1. The van der Waals surface area contributed by atoms with Crippen molar-refractivity contribution in [3.05, 3.63) is 40.6 Å². The van der Waals surface area contributed by atoms with Gasteiger partial charge in [0.05, 0.1) is 4.91 Å². The maximum atomic E-state index is 13.7. The van der Waals surface area contributed by atoms with Gasteiger partial charge in [0.15, 0.2) is 0 Å². The van der Waals surface area contributed by atoms with Crippen LogP contribution in [0.3, 0.4) is 0 Å². The molecule has 1 N–H and O–H groups in total. The lowest BCUT2D eigenvalue weighted by Gasteiger charge is -2.22. The molecular formula is C15H14FNO3S2. The molecule has 1 saturated heterocycles. The standard InChI is InChI=1S/C15H14FNO3S2/c1-2-5-11(14(19)20)17-13(18)12(22-15(17)21)8-9-6-3-4-7-10(9)16/h3-4,6-8,11H,2,5H2,1H3,(H,19,20). The van der Waals surface area contributed by atoms with E-state index in [1.54, 1.807) is 18.2 Å². The number of halogens is 1. The molecule has 22 heavy (non-hydrogen) atoms. The lowest BCUT2D eigenvalue weighted by atomic mass is 10.1. The Labute approximate surface area is 137 Å². The number of benzene rings is 1. The molecular weight excluding hydrogens is 325 g/mol. The van der Waals surface area contributed by atoms with Crippen LogP contribution in [0.15, 0.2) is 29.2 Å². The van der Waals surface area contributed by atoms with Gasteiger partial charge in [-0.15, -0.1) is 0 Å². The van der Waals surface area contributed by atoms with Gasteiger partial charge < -0.3 is 5.11 Å². The summed E-state index contributed by atoms with van der Waals surface area (Å²) in [5, 5.41) is 9.28. The topological polar surface area (TPSA) is 57.6 Å². The summed E-state index contributed by atoms with van der Waals surface area (Å²) >= 11 is 6.12. The number of thioether (sulfide) groups is 1. The molecule has 0 radical (unpaired) electrons. The predicted octanol–water partition coefficient (Wildman–Crippen LogP) is 3.28.